The number of aryl methyl sites for hydroxylation is 2. The highest BCUT2D eigenvalue weighted by Crippen LogP contribution is 2.37. The van der Waals surface area contributed by atoms with Crippen molar-refractivity contribution in [3.05, 3.63) is 29.1 Å². The van der Waals surface area contributed by atoms with Gasteiger partial charge >= 0.3 is 0 Å². The molecule has 0 atom stereocenters. The average molecular weight is 328 g/mol. The topological polar surface area (TPSA) is 79.7 Å². The van der Waals surface area contributed by atoms with Crippen molar-refractivity contribution in [3.8, 4) is 0 Å². The molecule has 1 saturated carbocycles. The number of carbonyl (C=O) groups is 1. The molecule has 7 heteroatoms. The molecular formula is C17H24N6O. The van der Waals surface area contributed by atoms with Crippen LogP contribution in [0.1, 0.15) is 59.4 Å². The van der Waals surface area contributed by atoms with E-state index >= 15 is 0 Å². The number of nitrogens with zero attached hydrogens (tertiary/aromatic N) is 5. The fourth-order valence-corrected chi connectivity index (χ4v) is 3.51. The Labute approximate surface area is 141 Å². The van der Waals surface area contributed by atoms with Crippen LogP contribution >= 0.6 is 0 Å². The Hall–Kier alpha value is -2.18. The van der Waals surface area contributed by atoms with Crippen molar-refractivity contribution < 1.29 is 4.79 Å². The number of H-pyrrole nitrogens is 1. The zero-order chi connectivity index (χ0) is 16.7. The number of hydrogen-bond donors (Lipinski definition) is 1. The number of aromatic nitrogens is 5. The monoisotopic (exact) mass is 328 g/mol. The summed E-state index contributed by atoms with van der Waals surface area (Å²) < 4.78 is 1.68. The molecule has 2 fully saturated rings. The summed E-state index contributed by atoms with van der Waals surface area (Å²) in [7, 11) is 1.83. The lowest BCUT2D eigenvalue weighted by Gasteiger charge is -2.31. The number of likely N-dealkylation sites (tertiary alicyclic amines) is 1. The minimum Gasteiger partial charge on any atom is -0.337 e. The van der Waals surface area contributed by atoms with Crippen molar-refractivity contribution in [1.82, 2.24) is 29.9 Å². The van der Waals surface area contributed by atoms with Crippen LogP contribution in [0.15, 0.2) is 6.07 Å². The highest BCUT2D eigenvalue weighted by atomic mass is 16.2. The second-order valence-corrected chi connectivity index (χ2v) is 7.15. The third kappa shape index (κ3) is 3.07. The summed E-state index contributed by atoms with van der Waals surface area (Å²) in [5, 5.41) is 11.7. The SMILES string of the molecule is Cc1cc(C(=O)N2CCC(Cc3nc(C4CC4)n[nH]3)CC2)n(C)n1. The van der Waals surface area contributed by atoms with Crippen LogP contribution in [0.25, 0.3) is 0 Å². The van der Waals surface area contributed by atoms with Gasteiger partial charge in [-0.15, -0.1) is 0 Å². The van der Waals surface area contributed by atoms with Gasteiger partial charge in [-0.25, -0.2) is 4.98 Å². The van der Waals surface area contributed by atoms with Crippen molar-refractivity contribution >= 4 is 5.91 Å². The van der Waals surface area contributed by atoms with Gasteiger partial charge in [-0.1, -0.05) is 0 Å². The summed E-state index contributed by atoms with van der Waals surface area (Å²) in [6.45, 7) is 3.52. The highest BCUT2D eigenvalue weighted by molar-refractivity contribution is 5.92. The van der Waals surface area contributed by atoms with Crippen LogP contribution in [0.3, 0.4) is 0 Å². The minimum absolute atomic E-state index is 0.0900. The lowest BCUT2D eigenvalue weighted by molar-refractivity contribution is 0.0678. The van der Waals surface area contributed by atoms with Crippen LogP contribution in [0.4, 0.5) is 0 Å². The number of aromatic amines is 1. The van der Waals surface area contributed by atoms with Gasteiger partial charge in [0.1, 0.15) is 11.5 Å². The van der Waals surface area contributed by atoms with E-state index in [0.717, 1.165) is 49.7 Å². The third-order valence-electron chi connectivity index (χ3n) is 5.10. The molecule has 1 N–H and O–H groups in total. The van der Waals surface area contributed by atoms with Crippen LogP contribution in [-0.4, -0.2) is 48.9 Å². The van der Waals surface area contributed by atoms with Gasteiger partial charge in [0.15, 0.2) is 5.82 Å². The first kappa shape index (κ1) is 15.4. The molecule has 1 aliphatic heterocycles. The van der Waals surface area contributed by atoms with Gasteiger partial charge in [-0.05, 0) is 44.6 Å². The molecule has 1 saturated heterocycles. The molecule has 7 nitrogen and oxygen atoms in total. The van der Waals surface area contributed by atoms with Crippen LogP contribution in [0, 0.1) is 12.8 Å². The van der Waals surface area contributed by atoms with E-state index < -0.39 is 0 Å². The molecule has 1 amide bonds. The fourth-order valence-electron chi connectivity index (χ4n) is 3.51. The summed E-state index contributed by atoms with van der Waals surface area (Å²) in [4.78, 5) is 19.2. The second kappa shape index (κ2) is 6.03. The number of carbonyl (C=O) groups excluding carboxylic acids is 1. The number of hydrogen-bond acceptors (Lipinski definition) is 4. The quantitative estimate of drug-likeness (QED) is 0.928. The van der Waals surface area contributed by atoms with Gasteiger partial charge in [-0.2, -0.15) is 10.2 Å². The summed E-state index contributed by atoms with van der Waals surface area (Å²) >= 11 is 0. The molecule has 0 radical (unpaired) electrons. The molecule has 2 aromatic heterocycles. The van der Waals surface area contributed by atoms with Crippen molar-refractivity contribution in [2.24, 2.45) is 13.0 Å². The number of nitrogens with one attached hydrogen (secondary N) is 1. The molecule has 0 bridgehead atoms. The van der Waals surface area contributed by atoms with Gasteiger partial charge in [0.05, 0.1) is 5.69 Å². The Bertz CT molecular complexity index is 736. The first-order chi connectivity index (χ1) is 11.6. The number of piperidine rings is 1. The first-order valence-corrected chi connectivity index (χ1v) is 8.81. The second-order valence-electron chi connectivity index (χ2n) is 7.15. The summed E-state index contributed by atoms with van der Waals surface area (Å²) in [5.41, 5.74) is 1.56. The average Bonchev–Trinajstić information content (AvgIpc) is 3.23. The third-order valence-corrected chi connectivity index (χ3v) is 5.10. The highest BCUT2D eigenvalue weighted by Gasteiger charge is 2.29. The van der Waals surface area contributed by atoms with Crippen LogP contribution in [0.5, 0.6) is 0 Å². The van der Waals surface area contributed by atoms with Crippen molar-refractivity contribution in [1.29, 1.82) is 0 Å². The molecule has 2 aliphatic rings. The maximum absolute atomic E-state index is 12.6. The molecular weight excluding hydrogens is 304 g/mol. The van der Waals surface area contributed by atoms with Crippen molar-refractivity contribution in [2.75, 3.05) is 13.1 Å². The van der Waals surface area contributed by atoms with E-state index in [1.54, 1.807) is 4.68 Å². The fraction of sp³-hybridized carbons (Fsp3) is 0.647. The van der Waals surface area contributed by atoms with E-state index in [-0.39, 0.29) is 5.91 Å². The smallest absolute Gasteiger partial charge is 0.272 e. The normalized spacial score (nSPS) is 19.0. The number of amides is 1. The Morgan fingerprint density at radius 3 is 2.67 bits per heavy atom. The van der Waals surface area contributed by atoms with Crippen LogP contribution in [-0.2, 0) is 13.5 Å². The van der Waals surface area contributed by atoms with Crippen molar-refractivity contribution in [2.45, 2.75) is 44.9 Å². The predicted octanol–water partition coefficient (Wildman–Crippen LogP) is 1.82. The van der Waals surface area contributed by atoms with Gasteiger partial charge < -0.3 is 4.90 Å². The van der Waals surface area contributed by atoms with E-state index in [2.05, 4.69) is 20.3 Å². The zero-order valence-electron chi connectivity index (χ0n) is 14.3. The molecule has 0 aromatic carbocycles. The Balaban J connectivity index is 1.32. The summed E-state index contributed by atoms with van der Waals surface area (Å²) in [6.07, 6.45) is 5.42. The lowest BCUT2D eigenvalue weighted by atomic mass is 9.93. The van der Waals surface area contributed by atoms with Gasteiger partial charge in [0.25, 0.3) is 5.91 Å². The molecule has 24 heavy (non-hydrogen) atoms. The van der Waals surface area contributed by atoms with Crippen LogP contribution < -0.4 is 0 Å². The van der Waals surface area contributed by atoms with Gasteiger partial charge in [-0.3, -0.25) is 14.6 Å². The Morgan fingerprint density at radius 1 is 1.29 bits per heavy atom. The standard InChI is InChI=1S/C17H24N6O/c1-11-9-14(22(2)21-11)17(24)23-7-5-12(6-8-23)10-15-18-16(20-19-15)13-3-4-13/h9,12-13H,3-8,10H2,1-2H3,(H,18,19,20). The van der Waals surface area contributed by atoms with E-state index in [1.165, 1.54) is 12.8 Å². The minimum atomic E-state index is 0.0900. The first-order valence-electron chi connectivity index (χ1n) is 8.81. The van der Waals surface area contributed by atoms with Crippen LogP contribution in [0.2, 0.25) is 0 Å². The van der Waals surface area contributed by atoms with Gasteiger partial charge in [0, 0.05) is 32.5 Å². The maximum atomic E-state index is 12.6. The Morgan fingerprint density at radius 2 is 2.04 bits per heavy atom. The zero-order valence-corrected chi connectivity index (χ0v) is 14.3. The largest absolute Gasteiger partial charge is 0.337 e. The predicted molar refractivity (Wildman–Crippen MR) is 88.6 cm³/mol. The van der Waals surface area contributed by atoms with Crippen molar-refractivity contribution in [3.63, 3.8) is 0 Å². The lowest BCUT2D eigenvalue weighted by Crippen LogP contribution is -2.39. The molecule has 128 valence electrons. The molecule has 4 rings (SSSR count). The van der Waals surface area contributed by atoms with E-state index in [9.17, 15) is 4.79 Å². The maximum Gasteiger partial charge on any atom is 0.272 e. The van der Waals surface area contributed by atoms with E-state index in [0.29, 0.717) is 17.5 Å². The Kier molecular flexibility index (Phi) is 3.86. The number of rotatable bonds is 4. The molecule has 0 unspecified atom stereocenters. The molecule has 1 aliphatic carbocycles. The summed E-state index contributed by atoms with van der Waals surface area (Å²) in [5.74, 6) is 3.25. The molecule has 3 heterocycles. The molecule has 0 spiro atoms. The summed E-state index contributed by atoms with van der Waals surface area (Å²) in [6, 6.07) is 1.86. The van der Waals surface area contributed by atoms with Gasteiger partial charge in [0.2, 0.25) is 0 Å². The van der Waals surface area contributed by atoms with E-state index in [1.807, 2.05) is 24.9 Å². The van der Waals surface area contributed by atoms with E-state index in [4.69, 9.17) is 0 Å². The molecule has 2 aromatic rings.